The minimum Gasteiger partial charge on any atom is -0.481 e. The van der Waals surface area contributed by atoms with E-state index < -0.39 is 17.9 Å². The Balaban J connectivity index is 2.28. The summed E-state index contributed by atoms with van der Waals surface area (Å²) in [6.07, 6.45) is 3.12. The zero-order valence-electron chi connectivity index (χ0n) is 11.1. The molecule has 0 aromatic carbocycles. The van der Waals surface area contributed by atoms with Gasteiger partial charge in [-0.3, -0.25) is 19.9 Å². The molecule has 1 aromatic heterocycles. The Hall–Kier alpha value is -2.44. The summed E-state index contributed by atoms with van der Waals surface area (Å²) in [7, 11) is 0. The molecule has 0 aliphatic rings. The Kier molecular flexibility index (Phi) is 6.15. The number of carboxylic acids is 1. The molecule has 0 saturated carbocycles. The zero-order valence-corrected chi connectivity index (χ0v) is 11.1. The van der Waals surface area contributed by atoms with Gasteiger partial charge in [0.15, 0.2) is 0 Å². The van der Waals surface area contributed by atoms with E-state index in [1.165, 1.54) is 0 Å². The molecule has 0 aliphatic heterocycles. The number of nitrogens with one attached hydrogen (secondary N) is 2. The van der Waals surface area contributed by atoms with Crippen LogP contribution in [0.5, 0.6) is 0 Å². The number of carboxylic acid groups (broad SMARTS) is 1. The Labute approximate surface area is 116 Å². The molecule has 0 radical (unpaired) electrons. The fraction of sp³-hybridized carbons (Fsp3) is 0.385. The number of nitrogens with zero attached hydrogens (tertiary/aromatic N) is 1. The average Bonchev–Trinajstić information content (AvgIpc) is 2.36. The van der Waals surface area contributed by atoms with Crippen LogP contribution in [0.1, 0.15) is 25.3 Å². The van der Waals surface area contributed by atoms with Crippen molar-refractivity contribution < 1.29 is 19.5 Å². The first-order valence-corrected chi connectivity index (χ1v) is 6.15. The normalized spacial score (nSPS) is 11.4. The molecule has 3 N–H and O–H groups in total. The van der Waals surface area contributed by atoms with Gasteiger partial charge >= 0.3 is 12.0 Å². The summed E-state index contributed by atoms with van der Waals surface area (Å²) < 4.78 is 0. The van der Waals surface area contributed by atoms with Crippen LogP contribution >= 0.6 is 0 Å². The smallest absolute Gasteiger partial charge is 0.321 e. The zero-order chi connectivity index (χ0) is 15.0. The van der Waals surface area contributed by atoms with E-state index in [0.717, 1.165) is 5.56 Å². The molecule has 1 unspecified atom stereocenters. The quantitative estimate of drug-likeness (QED) is 0.717. The molecule has 0 fully saturated rings. The fourth-order valence-corrected chi connectivity index (χ4v) is 1.59. The first-order valence-electron chi connectivity index (χ1n) is 6.15. The van der Waals surface area contributed by atoms with Crippen molar-refractivity contribution in [2.24, 2.45) is 5.92 Å². The van der Waals surface area contributed by atoms with Crippen molar-refractivity contribution in [1.29, 1.82) is 0 Å². The van der Waals surface area contributed by atoms with E-state index in [2.05, 4.69) is 15.6 Å². The summed E-state index contributed by atoms with van der Waals surface area (Å²) >= 11 is 0. The second kappa shape index (κ2) is 7.88. The van der Waals surface area contributed by atoms with E-state index in [1.54, 1.807) is 31.5 Å². The Morgan fingerprint density at radius 1 is 1.35 bits per heavy atom. The highest BCUT2D eigenvalue weighted by atomic mass is 16.4. The van der Waals surface area contributed by atoms with Crippen molar-refractivity contribution >= 4 is 17.9 Å². The summed E-state index contributed by atoms with van der Waals surface area (Å²) in [5.41, 5.74) is 0.814. The van der Waals surface area contributed by atoms with Crippen LogP contribution in [-0.2, 0) is 16.1 Å². The van der Waals surface area contributed by atoms with Crippen LogP contribution in [0.3, 0.4) is 0 Å². The average molecular weight is 279 g/mol. The van der Waals surface area contributed by atoms with E-state index in [4.69, 9.17) is 5.11 Å². The second-order valence-electron chi connectivity index (χ2n) is 4.50. The number of hydrogen-bond donors (Lipinski definition) is 3. The minimum atomic E-state index is -0.966. The van der Waals surface area contributed by atoms with Crippen molar-refractivity contribution in [3.8, 4) is 0 Å². The third kappa shape index (κ3) is 6.48. The fourth-order valence-electron chi connectivity index (χ4n) is 1.59. The van der Waals surface area contributed by atoms with Crippen LogP contribution in [0.2, 0.25) is 0 Å². The number of carbonyl (C=O) groups excluding carboxylic acids is 2. The maximum Gasteiger partial charge on any atom is 0.321 e. The highest BCUT2D eigenvalue weighted by Gasteiger charge is 2.14. The van der Waals surface area contributed by atoms with Gasteiger partial charge in [0.1, 0.15) is 0 Å². The van der Waals surface area contributed by atoms with Crippen LogP contribution in [0.4, 0.5) is 4.79 Å². The first-order chi connectivity index (χ1) is 9.47. The number of amides is 3. The molecule has 108 valence electrons. The first kappa shape index (κ1) is 15.6. The molecule has 1 aromatic rings. The van der Waals surface area contributed by atoms with Gasteiger partial charge in [0.2, 0.25) is 5.91 Å². The Morgan fingerprint density at radius 2 is 2.10 bits per heavy atom. The molecule has 1 atom stereocenters. The predicted molar refractivity (Wildman–Crippen MR) is 70.6 cm³/mol. The highest BCUT2D eigenvalue weighted by Crippen LogP contribution is 2.06. The van der Waals surface area contributed by atoms with Gasteiger partial charge in [-0.05, 0) is 17.5 Å². The summed E-state index contributed by atoms with van der Waals surface area (Å²) in [5.74, 6) is -1.78. The largest absolute Gasteiger partial charge is 0.481 e. The van der Waals surface area contributed by atoms with Crippen molar-refractivity contribution in [2.75, 3.05) is 0 Å². The lowest BCUT2D eigenvalue weighted by atomic mass is 10.0. The molecule has 7 nitrogen and oxygen atoms in total. The number of pyridine rings is 1. The molecular formula is C13H17N3O4. The van der Waals surface area contributed by atoms with Crippen molar-refractivity contribution in [3.63, 3.8) is 0 Å². The number of urea groups is 1. The Bertz CT molecular complexity index is 476. The van der Waals surface area contributed by atoms with Crippen molar-refractivity contribution in [2.45, 2.75) is 26.3 Å². The molecule has 0 spiro atoms. The molecule has 0 aliphatic carbocycles. The van der Waals surface area contributed by atoms with Gasteiger partial charge in [-0.2, -0.15) is 0 Å². The third-order valence-corrected chi connectivity index (χ3v) is 2.49. The molecule has 0 saturated heterocycles. The number of carbonyl (C=O) groups is 3. The van der Waals surface area contributed by atoms with E-state index >= 15 is 0 Å². The molecule has 1 heterocycles. The summed E-state index contributed by atoms with van der Waals surface area (Å²) in [5, 5.41) is 13.2. The predicted octanol–water partition coefficient (Wildman–Crippen LogP) is 0.908. The van der Waals surface area contributed by atoms with E-state index in [9.17, 15) is 14.4 Å². The third-order valence-electron chi connectivity index (χ3n) is 2.49. The topological polar surface area (TPSA) is 108 Å². The number of aliphatic carboxylic acids is 1. The van der Waals surface area contributed by atoms with E-state index in [0.29, 0.717) is 0 Å². The maximum atomic E-state index is 11.5. The standard InChI is InChI=1S/C13H17N3O4/c1-9(6-12(18)19)5-11(17)16-13(20)15-8-10-3-2-4-14-7-10/h2-4,7,9H,5-6,8H2,1H3,(H,18,19)(H2,15,16,17,20). The minimum absolute atomic E-state index is 0.00733. The van der Waals surface area contributed by atoms with Crippen LogP contribution in [0.25, 0.3) is 0 Å². The molecule has 1 rings (SSSR count). The number of imide groups is 1. The van der Waals surface area contributed by atoms with Gasteiger partial charge in [0.05, 0.1) is 0 Å². The van der Waals surface area contributed by atoms with Crippen molar-refractivity contribution in [1.82, 2.24) is 15.6 Å². The van der Waals surface area contributed by atoms with Crippen LogP contribution in [0.15, 0.2) is 24.5 Å². The molecule has 20 heavy (non-hydrogen) atoms. The second-order valence-corrected chi connectivity index (χ2v) is 4.50. The van der Waals surface area contributed by atoms with Gasteiger partial charge in [0.25, 0.3) is 0 Å². The lowest BCUT2D eigenvalue weighted by molar-refractivity contribution is -0.138. The highest BCUT2D eigenvalue weighted by molar-refractivity contribution is 5.94. The summed E-state index contributed by atoms with van der Waals surface area (Å²) in [4.78, 5) is 37.3. The molecule has 7 heteroatoms. The molecular weight excluding hydrogens is 262 g/mol. The SMILES string of the molecule is CC(CC(=O)O)CC(=O)NC(=O)NCc1cccnc1. The van der Waals surface area contributed by atoms with Crippen LogP contribution in [-0.4, -0.2) is 28.0 Å². The van der Waals surface area contributed by atoms with Crippen LogP contribution < -0.4 is 10.6 Å². The lowest BCUT2D eigenvalue weighted by Crippen LogP contribution is -2.39. The van der Waals surface area contributed by atoms with Gasteiger partial charge in [-0.1, -0.05) is 13.0 Å². The van der Waals surface area contributed by atoms with Crippen LogP contribution in [0, 0.1) is 5.92 Å². The molecule has 3 amide bonds. The number of aromatic nitrogens is 1. The van der Waals surface area contributed by atoms with E-state index in [1.807, 2.05) is 0 Å². The lowest BCUT2D eigenvalue weighted by Gasteiger charge is -2.09. The van der Waals surface area contributed by atoms with Crippen molar-refractivity contribution in [3.05, 3.63) is 30.1 Å². The number of rotatable bonds is 6. The van der Waals surface area contributed by atoms with Gasteiger partial charge in [0, 0.05) is 31.8 Å². The maximum absolute atomic E-state index is 11.5. The molecule has 0 bridgehead atoms. The van der Waals surface area contributed by atoms with Gasteiger partial charge < -0.3 is 10.4 Å². The van der Waals surface area contributed by atoms with Gasteiger partial charge in [-0.15, -0.1) is 0 Å². The summed E-state index contributed by atoms with van der Waals surface area (Å²) in [6, 6.07) is 2.93. The van der Waals surface area contributed by atoms with E-state index in [-0.39, 0.29) is 25.3 Å². The number of hydrogen-bond acceptors (Lipinski definition) is 4. The Morgan fingerprint density at radius 3 is 2.70 bits per heavy atom. The summed E-state index contributed by atoms with van der Waals surface area (Å²) in [6.45, 7) is 1.90. The monoisotopic (exact) mass is 279 g/mol. The van der Waals surface area contributed by atoms with Gasteiger partial charge in [-0.25, -0.2) is 4.79 Å².